The van der Waals surface area contributed by atoms with Crippen molar-refractivity contribution >= 4 is 5.91 Å². The average molecular weight is 273 g/mol. The van der Waals surface area contributed by atoms with Crippen LogP contribution in [0, 0.1) is 12.7 Å². The Balaban J connectivity index is 2.16. The van der Waals surface area contributed by atoms with Gasteiger partial charge >= 0.3 is 0 Å². The average Bonchev–Trinajstić information content (AvgIpc) is 2.38. The summed E-state index contributed by atoms with van der Waals surface area (Å²) in [5.74, 6) is -0.345. The number of nitrogens with zero attached hydrogens (tertiary/aromatic N) is 1. The number of hydrogen-bond acceptors (Lipinski definition) is 2. The van der Waals surface area contributed by atoms with Crippen LogP contribution < -0.4 is 0 Å². The molecule has 0 aliphatic carbocycles. The second-order valence-corrected chi connectivity index (χ2v) is 4.79. The van der Waals surface area contributed by atoms with Crippen LogP contribution in [-0.4, -0.2) is 23.0 Å². The van der Waals surface area contributed by atoms with Gasteiger partial charge in [-0.05, 0) is 48.4 Å². The van der Waals surface area contributed by atoms with Crippen LogP contribution in [0.5, 0.6) is 5.75 Å². The number of benzene rings is 2. The van der Waals surface area contributed by atoms with Crippen molar-refractivity contribution in [1.82, 2.24) is 4.90 Å². The molecule has 0 heterocycles. The lowest BCUT2D eigenvalue weighted by molar-refractivity contribution is 0.0784. The van der Waals surface area contributed by atoms with E-state index >= 15 is 0 Å². The van der Waals surface area contributed by atoms with Crippen molar-refractivity contribution in [3.8, 4) is 5.75 Å². The minimum atomic E-state index is -0.316. The first kappa shape index (κ1) is 14.1. The molecule has 0 radical (unpaired) electrons. The predicted octanol–water partition coefficient (Wildman–Crippen LogP) is 3.11. The lowest BCUT2D eigenvalue weighted by Gasteiger charge is -2.18. The van der Waals surface area contributed by atoms with E-state index in [4.69, 9.17) is 0 Å². The zero-order chi connectivity index (χ0) is 14.7. The van der Waals surface area contributed by atoms with Crippen molar-refractivity contribution in [3.63, 3.8) is 0 Å². The Morgan fingerprint density at radius 3 is 2.65 bits per heavy atom. The van der Waals surface area contributed by atoms with E-state index < -0.39 is 0 Å². The molecule has 1 N–H and O–H groups in total. The number of phenols is 1. The molecule has 0 aromatic heterocycles. The molecule has 0 aliphatic rings. The molecular formula is C16H16FNO2. The van der Waals surface area contributed by atoms with Gasteiger partial charge in [-0.3, -0.25) is 4.79 Å². The normalized spacial score (nSPS) is 10.3. The number of rotatable bonds is 3. The minimum absolute atomic E-state index is 0.131. The second kappa shape index (κ2) is 5.74. The molecular weight excluding hydrogens is 257 g/mol. The Hall–Kier alpha value is -2.36. The monoisotopic (exact) mass is 273 g/mol. The first-order chi connectivity index (χ1) is 9.47. The molecule has 0 fully saturated rings. The molecule has 20 heavy (non-hydrogen) atoms. The van der Waals surface area contributed by atoms with E-state index in [0.717, 1.165) is 5.56 Å². The summed E-state index contributed by atoms with van der Waals surface area (Å²) in [6.07, 6.45) is 0. The zero-order valence-electron chi connectivity index (χ0n) is 11.4. The standard InChI is InChI=1S/C16H16FNO2/c1-11-8-14(19)6-7-15(11)16(20)18(2)10-12-4-3-5-13(17)9-12/h3-9,19H,10H2,1-2H3. The summed E-state index contributed by atoms with van der Waals surface area (Å²) in [5, 5.41) is 9.36. The lowest BCUT2D eigenvalue weighted by atomic mass is 10.1. The van der Waals surface area contributed by atoms with E-state index in [1.54, 1.807) is 38.2 Å². The van der Waals surface area contributed by atoms with Crippen molar-refractivity contribution in [1.29, 1.82) is 0 Å². The first-order valence-corrected chi connectivity index (χ1v) is 6.27. The summed E-state index contributed by atoms with van der Waals surface area (Å²) in [6.45, 7) is 2.10. The molecule has 0 spiro atoms. The molecule has 1 amide bonds. The largest absolute Gasteiger partial charge is 0.508 e. The van der Waals surface area contributed by atoms with E-state index in [2.05, 4.69) is 0 Å². The highest BCUT2D eigenvalue weighted by molar-refractivity contribution is 5.95. The topological polar surface area (TPSA) is 40.5 Å². The number of amides is 1. The highest BCUT2D eigenvalue weighted by Gasteiger charge is 2.14. The molecule has 2 rings (SSSR count). The van der Waals surface area contributed by atoms with Gasteiger partial charge in [0, 0.05) is 19.2 Å². The van der Waals surface area contributed by atoms with Crippen molar-refractivity contribution in [3.05, 3.63) is 65.0 Å². The van der Waals surface area contributed by atoms with Crippen LogP contribution in [0.25, 0.3) is 0 Å². The van der Waals surface area contributed by atoms with E-state index in [-0.39, 0.29) is 17.5 Å². The Morgan fingerprint density at radius 2 is 2.00 bits per heavy atom. The van der Waals surface area contributed by atoms with Gasteiger partial charge in [-0.1, -0.05) is 12.1 Å². The van der Waals surface area contributed by atoms with Gasteiger partial charge in [0.25, 0.3) is 5.91 Å². The van der Waals surface area contributed by atoms with E-state index in [1.165, 1.54) is 23.1 Å². The summed E-state index contributed by atoms with van der Waals surface area (Å²) in [6, 6.07) is 10.8. The van der Waals surface area contributed by atoms with Gasteiger partial charge in [-0.2, -0.15) is 0 Å². The second-order valence-electron chi connectivity index (χ2n) is 4.79. The van der Waals surface area contributed by atoms with Crippen LogP contribution in [0.1, 0.15) is 21.5 Å². The Morgan fingerprint density at radius 1 is 1.25 bits per heavy atom. The summed E-state index contributed by atoms with van der Waals surface area (Å²) in [4.78, 5) is 13.8. The Kier molecular flexibility index (Phi) is 4.03. The number of aromatic hydroxyl groups is 1. The molecule has 2 aromatic carbocycles. The highest BCUT2D eigenvalue weighted by Crippen LogP contribution is 2.18. The third kappa shape index (κ3) is 3.15. The van der Waals surface area contributed by atoms with Gasteiger partial charge in [-0.25, -0.2) is 4.39 Å². The van der Waals surface area contributed by atoms with Crippen LogP contribution in [0.2, 0.25) is 0 Å². The van der Waals surface area contributed by atoms with Gasteiger partial charge in [0.2, 0.25) is 0 Å². The zero-order valence-corrected chi connectivity index (χ0v) is 11.4. The van der Waals surface area contributed by atoms with Crippen LogP contribution in [0.15, 0.2) is 42.5 Å². The molecule has 0 atom stereocenters. The van der Waals surface area contributed by atoms with Crippen molar-refractivity contribution in [2.45, 2.75) is 13.5 Å². The molecule has 3 nitrogen and oxygen atoms in total. The summed E-state index contributed by atoms with van der Waals surface area (Å²) >= 11 is 0. The number of carbonyl (C=O) groups excluding carboxylic acids is 1. The fourth-order valence-electron chi connectivity index (χ4n) is 2.07. The van der Waals surface area contributed by atoms with Crippen molar-refractivity contribution < 1.29 is 14.3 Å². The fourth-order valence-corrected chi connectivity index (χ4v) is 2.07. The molecule has 104 valence electrons. The number of carbonyl (C=O) groups is 1. The lowest BCUT2D eigenvalue weighted by Crippen LogP contribution is -2.26. The Bertz CT molecular complexity index is 640. The van der Waals surface area contributed by atoms with Gasteiger partial charge in [0.05, 0.1) is 0 Å². The van der Waals surface area contributed by atoms with Crippen LogP contribution >= 0.6 is 0 Å². The fraction of sp³-hybridized carbons (Fsp3) is 0.188. The van der Waals surface area contributed by atoms with Crippen molar-refractivity contribution in [2.75, 3.05) is 7.05 Å². The number of aryl methyl sites for hydroxylation is 1. The quantitative estimate of drug-likeness (QED) is 0.933. The van der Waals surface area contributed by atoms with E-state index in [9.17, 15) is 14.3 Å². The maximum Gasteiger partial charge on any atom is 0.254 e. The molecule has 2 aromatic rings. The van der Waals surface area contributed by atoms with E-state index in [0.29, 0.717) is 17.7 Å². The number of hydrogen-bond donors (Lipinski definition) is 1. The number of halogens is 1. The highest BCUT2D eigenvalue weighted by atomic mass is 19.1. The van der Waals surface area contributed by atoms with Gasteiger partial charge in [0.1, 0.15) is 11.6 Å². The predicted molar refractivity (Wildman–Crippen MR) is 75.0 cm³/mol. The molecule has 0 bridgehead atoms. The summed E-state index contributed by atoms with van der Waals surface area (Å²) in [5.41, 5.74) is 1.97. The molecule has 4 heteroatoms. The smallest absolute Gasteiger partial charge is 0.254 e. The van der Waals surface area contributed by atoms with Crippen LogP contribution in [0.3, 0.4) is 0 Å². The van der Waals surface area contributed by atoms with Crippen LogP contribution in [0.4, 0.5) is 4.39 Å². The SMILES string of the molecule is Cc1cc(O)ccc1C(=O)N(C)Cc1cccc(F)c1. The first-order valence-electron chi connectivity index (χ1n) is 6.27. The molecule has 0 unspecified atom stereocenters. The molecule has 0 saturated heterocycles. The molecule has 0 aliphatic heterocycles. The summed E-state index contributed by atoms with van der Waals surface area (Å²) < 4.78 is 13.1. The van der Waals surface area contributed by atoms with Crippen molar-refractivity contribution in [2.24, 2.45) is 0 Å². The third-order valence-electron chi connectivity index (χ3n) is 3.10. The maximum absolute atomic E-state index is 13.1. The number of phenolic OH excluding ortho intramolecular Hbond substituents is 1. The van der Waals surface area contributed by atoms with Crippen LogP contribution in [-0.2, 0) is 6.54 Å². The van der Waals surface area contributed by atoms with Gasteiger partial charge in [0.15, 0.2) is 0 Å². The third-order valence-corrected chi connectivity index (χ3v) is 3.10. The Labute approximate surface area is 117 Å². The molecule has 0 saturated carbocycles. The summed E-state index contributed by atoms with van der Waals surface area (Å²) in [7, 11) is 1.67. The maximum atomic E-state index is 13.1. The van der Waals surface area contributed by atoms with E-state index in [1.807, 2.05) is 0 Å². The van der Waals surface area contributed by atoms with Gasteiger partial charge in [-0.15, -0.1) is 0 Å². The minimum Gasteiger partial charge on any atom is -0.508 e. The van der Waals surface area contributed by atoms with Gasteiger partial charge < -0.3 is 10.0 Å².